The summed E-state index contributed by atoms with van der Waals surface area (Å²) in [4.78, 5) is 11.8. The van der Waals surface area contributed by atoms with Gasteiger partial charge in [0.15, 0.2) is 0 Å². The smallest absolute Gasteiger partial charge is 0.227 e. The summed E-state index contributed by atoms with van der Waals surface area (Å²) in [6.07, 6.45) is 4.14. The lowest BCUT2D eigenvalue weighted by molar-refractivity contribution is -0.117. The quantitative estimate of drug-likeness (QED) is 0.840. The molecular formula is C13H14BrNO3. The molecule has 96 valence electrons. The molecular weight excluding hydrogens is 298 g/mol. The Morgan fingerprint density at radius 1 is 1.33 bits per heavy atom. The number of phenols is 1. The maximum atomic E-state index is 11.8. The molecule has 0 atom stereocenters. The van der Waals surface area contributed by atoms with Crippen LogP contribution in [-0.4, -0.2) is 17.1 Å². The normalized spacial score (nSPS) is 18.5. The van der Waals surface area contributed by atoms with E-state index in [9.17, 15) is 9.90 Å². The fraction of sp³-hybridized carbons (Fsp3) is 0.462. The van der Waals surface area contributed by atoms with Gasteiger partial charge in [0.25, 0.3) is 0 Å². The second-order valence-corrected chi connectivity index (χ2v) is 5.79. The van der Waals surface area contributed by atoms with Crippen LogP contribution >= 0.6 is 15.9 Å². The van der Waals surface area contributed by atoms with E-state index < -0.39 is 0 Å². The molecule has 3 rings (SSSR count). The lowest BCUT2D eigenvalue weighted by Crippen LogP contribution is -2.14. The van der Waals surface area contributed by atoms with Crippen molar-refractivity contribution in [2.75, 3.05) is 5.32 Å². The number of anilines is 1. The highest BCUT2D eigenvalue weighted by molar-refractivity contribution is 9.10. The number of aromatic hydroxyl groups is 1. The van der Waals surface area contributed by atoms with Crippen molar-refractivity contribution >= 4 is 27.5 Å². The second kappa shape index (κ2) is 4.46. The number of nitrogens with one attached hydrogen (secondary N) is 1. The maximum absolute atomic E-state index is 11.8. The standard InChI is InChI=1S/C13H14BrNO3/c14-8-5-10(16)12(15-13(17)7-1-2-7)11(6-8)18-9-3-4-9/h5-7,9,16H,1-4H2,(H,15,17). The highest BCUT2D eigenvalue weighted by Crippen LogP contribution is 2.41. The van der Waals surface area contributed by atoms with Gasteiger partial charge in [-0.3, -0.25) is 4.79 Å². The van der Waals surface area contributed by atoms with E-state index in [2.05, 4.69) is 21.2 Å². The first-order chi connectivity index (χ1) is 8.63. The molecule has 0 saturated heterocycles. The monoisotopic (exact) mass is 311 g/mol. The molecule has 0 aliphatic heterocycles. The van der Waals surface area contributed by atoms with Crippen LogP contribution < -0.4 is 10.1 Å². The number of rotatable bonds is 4. The molecule has 0 bridgehead atoms. The summed E-state index contributed by atoms with van der Waals surface area (Å²) >= 11 is 3.31. The topological polar surface area (TPSA) is 58.6 Å². The van der Waals surface area contributed by atoms with Crippen LogP contribution in [0.2, 0.25) is 0 Å². The third-order valence-corrected chi connectivity index (χ3v) is 3.52. The predicted octanol–water partition coefficient (Wildman–Crippen LogP) is 3.04. The predicted molar refractivity (Wildman–Crippen MR) is 70.8 cm³/mol. The minimum absolute atomic E-state index is 0.0340. The first-order valence-corrected chi connectivity index (χ1v) is 6.93. The fourth-order valence-electron chi connectivity index (χ4n) is 1.72. The van der Waals surface area contributed by atoms with E-state index in [1.165, 1.54) is 0 Å². The molecule has 2 N–H and O–H groups in total. The molecule has 4 nitrogen and oxygen atoms in total. The van der Waals surface area contributed by atoms with Crippen LogP contribution in [0.4, 0.5) is 5.69 Å². The Kier molecular flexibility index (Phi) is 2.93. The summed E-state index contributed by atoms with van der Waals surface area (Å²) in [7, 11) is 0. The third kappa shape index (κ3) is 2.61. The maximum Gasteiger partial charge on any atom is 0.227 e. The summed E-state index contributed by atoms with van der Waals surface area (Å²) in [5.74, 6) is 0.641. The van der Waals surface area contributed by atoms with Crippen molar-refractivity contribution in [3.05, 3.63) is 16.6 Å². The van der Waals surface area contributed by atoms with Gasteiger partial charge in [-0.05, 0) is 37.8 Å². The van der Waals surface area contributed by atoms with E-state index in [1.54, 1.807) is 12.1 Å². The molecule has 0 heterocycles. The van der Waals surface area contributed by atoms with Crippen molar-refractivity contribution < 1.29 is 14.6 Å². The summed E-state index contributed by atoms with van der Waals surface area (Å²) < 4.78 is 6.45. The Hall–Kier alpha value is -1.23. The summed E-state index contributed by atoms with van der Waals surface area (Å²) in [5.41, 5.74) is 0.391. The second-order valence-electron chi connectivity index (χ2n) is 4.88. The fourth-order valence-corrected chi connectivity index (χ4v) is 2.15. The van der Waals surface area contributed by atoms with Gasteiger partial charge in [-0.25, -0.2) is 0 Å². The molecule has 2 aliphatic carbocycles. The van der Waals surface area contributed by atoms with Gasteiger partial charge in [-0.2, -0.15) is 0 Å². The van der Waals surface area contributed by atoms with E-state index in [4.69, 9.17) is 4.74 Å². The van der Waals surface area contributed by atoms with Crippen molar-refractivity contribution in [2.45, 2.75) is 31.8 Å². The molecule has 2 fully saturated rings. The number of phenolic OH excluding ortho intramolecular Hbond substituents is 1. The number of carbonyl (C=O) groups excluding carboxylic acids is 1. The first-order valence-electron chi connectivity index (χ1n) is 6.13. The minimum Gasteiger partial charge on any atom is -0.506 e. The number of ether oxygens (including phenoxy) is 1. The lowest BCUT2D eigenvalue weighted by atomic mass is 10.2. The van der Waals surface area contributed by atoms with E-state index in [0.29, 0.717) is 11.4 Å². The molecule has 1 aromatic carbocycles. The number of hydrogen-bond donors (Lipinski definition) is 2. The van der Waals surface area contributed by atoms with E-state index in [1.807, 2.05) is 0 Å². The van der Waals surface area contributed by atoms with Crippen molar-refractivity contribution in [1.82, 2.24) is 0 Å². The summed E-state index contributed by atoms with van der Waals surface area (Å²) in [5, 5.41) is 12.7. The van der Waals surface area contributed by atoms with Crippen molar-refractivity contribution in [3.63, 3.8) is 0 Å². The molecule has 0 spiro atoms. The van der Waals surface area contributed by atoms with Crippen LogP contribution in [0.15, 0.2) is 16.6 Å². The van der Waals surface area contributed by atoms with Crippen molar-refractivity contribution in [2.24, 2.45) is 5.92 Å². The van der Waals surface area contributed by atoms with Crippen molar-refractivity contribution in [3.8, 4) is 11.5 Å². The third-order valence-electron chi connectivity index (χ3n) is 3.06. The Bertz CT molecular complexity index is 495. The number of hydrogen-bond acceptors (Lipinski definition) is 3. The first kappa shape index (κ1) is 11.8. The SMILES string of the molecule is O=C(Nc1c(O)cc(Br)cc1OC1CC1)C1CC1. The van der Waals surface area contributed by atoms with Crippen LogP contribution in [0, 0.1) is 5.92 Å². The van der Waals surface area contributed by atoms with Crippen LogP contribution in [0.5, 0.6) is 11.5 Å². The Balaban J connectivity index is 1.86. The van der Waals surface area contributed by atoms with E-state index in [0.717, 1.165) is 30.2 Å². The number of benzene rings is 1. The summed E-state index contributed by atoms with van der Waals surface area (Å²) in [6.45, 7) is 0. The molecule has 18 heavy (non-hydrogen) atoms. The van der Waals surface area contributed by atoms with Crippen LogP contribution in [0.3, 0.4) is 0 Å². The molecule has 0 unspecified atom stereocenters. The lowest BCUT2D eigenvalue weighted by Gasteiger charge is -2.14. The Morgan fingerprint density at radius 2 is 2.06 bits per heavy atom. The zero-order valence-electron chi connectivity index (χ0n) is 9.78. The van der Waals surface area contributed by atoms with Gasteiger partial charge in [-0.1, -0.05) is 15.9 Å². The average molecular weight is 312 g/mol. The van der Waals surface area contributed by atoms with Gasteiger partial charge in [0.2, 0.25) is 5.91 Å². The highest BCUT2D eigenvalue weighted by Gasteiger charge is 2.31. The average Bonchev–Trinajstić information content (AvgIpc) is 3.12. The van der Waals surface area contributed by atoms with Gasteiger partial charge in [0.05, 0.1) is 6.10 Å². The van der Waals surface area contributed by atoms with Crippen LogP contribution in [0.1, 0.15) is 25.7 Å². The molecule has 5 heteroatoms. The zero-order chi connectivity index (χ0) is 12.7. The van der Waals surface area contributed by atoms with Gasteiger partial charge in [0.1, 0.15) is 17.2 Å². The largest absolute Gasteiger partial charge is 0.506 e. The van der Waals surface area contributed by atoms with Gasteiger partial charge >= 0.3 is 0 Å². The van der Waals surface area contributed by atoms with E-state index >= 15 is 0 Å². The Morgan fingerprint density at radius 3 is 2.67 bits per heavy atom. The molecule has 2 aliphatic rings. The Labute approximate surface area is 113 Å². The highest BCUT2D eigenvalue weighted by atomic mass is 79.9. The molecule has 1 aromatic rings. The van der Waals surface area contributed by atoms with Gasteiger partial charge < -0.3 is 15.2 Å². The van der Waals surface area contributed by atoms with Gasteiger partial charge in [0, 0.05) is 10.4 Å². The molecule has 0 radical (unpaired) electrons. The number of carbonyl (C=O) groups is 1. The van der Waals surface area contributed by atoms with Crippen LogP contribution in [0.25, 0.3) is 0 Å². The molecule has 1 amide bonds. The number of amides is 1. The minimum atomic E-state index is -0.0340. The summed E-state index contributed by atoms with van der Waals surface area (Å²) in [6, 6.07) is 3.34. The molecule has 2 saturated carbocycles. The van der Waals surface area contributed by atoms with Crippen molar-refractivity contribution in [1.29, 1.82) is 0 Å². The van der Waals surface area contributed by atoms with E-state index in [-0.39, 0.29) is 23.7 Å². The van der Waals surface area contributed by atoms with Gasteiger partial charge in [-0.15, -0.1) is 0 Å². The zero-order valence-corrected chi connectivity index (χ0v) is 11.4. The van der Waals surface area contributed by atoms with Crippen LogP contribution in [-0.2, 0) is 4.79 Å². The number of halogens is 1. The molecule has 0 aromatic heterocycles.